The summed E-state index contributed by atoms with van der Waals surface area (Å²) in [6.45, 7) is 1.74. The molecule has 4 aromatic rings. The number of amides is 1. The second-order valence-corrected chi connectivity index (χ2v) is 7.77. The zero-order valence-electron chi connectivity index (χ0n) is 17.7. The average molecular weight is 488 g/mol. The summed E-state index contributed by atoms with van der Waals surface area (Å²) in [6, 6.07) is 8.64. The number of ether oxygens (including phenoxy) is 2. The lowest BCUT2D eigenvalue weighted by Crippen LogP contribution is -2.13. The molecule has 1 amide bonds. The summed E-state index contributed by atoms with van der Waals surface area (Å²) in [7, 11) is 1.52. The van der Waals surface area contributed by atoms with Crippen LogP contribution in [0.25, 0.3) is 21.9 Å². The molecule has 0 aliphatic rings. The van der Waals surface area contributed by atoms with Crippen molar-refractivity contribution in [3.8, 4) is 5.75 Å². The fraction of sp³-hybridized carbons (Fsp3) is 0.174. The van der Waals surface area contributed by atoms with Gasteiger partial charge in [-0.25, -0.2) is 0 Å². The van der Waals surface area contributed by atoms with E-state index in [4.69, 9.17) is 37.1 Å². The number of pyridine rings is 1. The average Bonchev–Trinajstić information content (AvgIpc) is 3.19. The molecule has 0 saturated carbocycles. The van der Waals surface area contributed by atoms with Gasteiger partial charge in [0.05, 0.1) is 28.4 Å². The summed E-state index contributed by atoms with van der Waals surface area (Å²) in [5, 5.41) is 7.43. The van der Waals surface area contributed by atoms with Crippen LogP contribution in [-0.2, 0) is 9.53 Å². The second-order valence-electron chi connectivity index (χ2n) is 6.96. The van der Waals surface area contributed by atoms with Gasteiger partial charge in [-0.15, -0.1) is 0 Å². The molecule has 0 saturated heterocycles. The Morgan fingerprint density at radius 3 is 2.58 bits per heavy atom. The van der Waals surface area contributed by atoms with Crippen LogP contribution in [-0.4, -0.2) is 30.7 Å². The van der Waals surface area contributed by atoms with E-state index in [0.29, 0.717) is 38.9 Å². The zero-order valence-corrected chi connectivity index (χ0v) is 19.2. The van der Waals surface area contributed by atoms with Gasteiger partial charge < -0.3 is 24.5 Å². The van der Waals surface area contributed by atoms with Gasteiger partial charge in [-0.05, 0) is 30.3 Å². The SMILES string of the molecule is CCC(=O)OCNc1ccc2oc3c(OC)ccc(C(=O)Nc4c(Cl)cncc4Cl)c3c2c1. The van der Waals surface area contributed by atoms with E-state index in [1.54, 1.807) is 31.2 Å². The van der Waals surface area contributed by atoms with E-state index in [1.165, 1.54) is 19.5 Å². The van der Waals surface area contributed by atoms with Gasteiger partial charge in [-0.3, -0.25) is 14.6 Å². The van der Waals surface area contributed by atoms with Crippen molar-refractivity contribution in [1.29, 1.82) is 0 Å². The summed E-state index contributed by atoms with van der Waals surface area (Å²) in [4.78, 5) is 28.5. The van der Waals surface area contributed by atoms with Crippen molar-refractivity contribution in [2.75, 3.05) is 24.5 Å². The molecule has 8 nitrogen and oxygen atoms in total. The molecule has 0 radical (unpaired) electrons. The highest BCUT2D eigenvalue weighted by molar-refractivity contribution is 6.40. The second kappa shape index (κ2) is 9.56. The number of anilines is 2. The van der Waals surface area contributed by atoms with Crippen molar-refractivity contribution in [3.63, 3.8) is 0 Å². The Kier molecular flexibility index (Phi) is 6.57. The molecule has 2 N–H and O–H groups in total. The fourth-order valence-corrected chi connectivity index (χ4v) is 3.79. The van der Waals surface area contributed by atoms with Crippen LogP contribution in [0.3, 0.4) is 0 Å². The minimum absolute atomic E-state index is 0.0175. The molecule has 2 aromatic heterocycles. The van der Waals surface area contributed by atoms with Crippen molar-refractivity contribution in [1.82, 2.24) is 4.98 Å². The number of carbonyl (C=O) groups excluding carboxylic acids is 2. The molecule has 0 unspecified atom stereocenters. The molecule has 0 bridgehead atoms. The lowest BCUT2D eigenvalue weighted by molar-refractivity contribution is -0.142. The van der Waals surface area contributed by atoms with Crippen LogP contribution in [0, 0.1) is 0 Å². The first-order valence-electron chi connectivity index (χ1n) is 9.96. The summed E-state index contributed by atoms with van der Waals surface area (Å²) in [5.41, 5.74) is 2.25. The third-order valence-corrected chi connectivity index (χ3v) is 5.51. The third-order valence-electron chi connectivity index (χ3n) is 4.94. The normalized spacial score (nSPS) is 10.9. The predicted octanol–water partition coefficient (Wildman–Crippen LogP) is 5.87. The Morgan fingerprint density at radius 1 is 1.12 bits per heavy atom. The van der Waals surface area contributed by atoms with Gasteiger partial charge in [0.25, 0.3) is 5.91 Å². The van der Waals surface area contributed by atoms with Crippen LogP contribution in [0.2, 0.25) is 10.0 Å². The standard InChI is InChI=1S/C23H19Cl2N3O5/c1-3-19(29)32-11-27-12-4-6-17-14(8-12)20-13(5-7-18(31-2)22(20)33-17)23(30)28-21-15(24)9-26-10-16(21)25/h4-10,27H,3,11H2,1-2H3,(H,26,28,30). The van der Waals surface area contributed by atoms with Crippen molar-refractivity contribution in [2.24, 2.45) is 0 Å². The van der Waals surface area contributed by atoms with Crippen LogP contribution < -0.4 is 15.4 Å². The number of benzene rings is 2. The maximum Gasteiger partial charge on any atom is 0.307 e. The first-order chi connectivity index (χ1) is 15.9. The lowest BCUT2D eigenvalue weighted by atomic mass is 10.0. The van der Waals surface area contributed by atoms with Crippen LogP contribution in [0.1, 0.15) is 23.7 Å². The van der Waals surface area contributed by atoms with Gasteiger partial charge >= 0.3 is 5.97 Å². The number of nitrogens with zero attached hydrogens (tertiary/aromatic N) is 1. The maximum absolute atomic E-state index is 13.2. The van der Waals surface area contributed by atoms with E-state index in [0.717, 1.165) is 0 Å². The highest BCUT2D eigenvalue weighted by Crippen LogP contribution is 2.39. The van der Waals surface area contributed by atoms with E-state index in [1.807, 2.05) is 6.07 Å². The topological polar surface area (TPSA) is 103 Å². The van der Waals surface area contributed by atoms with Gasteiger partial charge in [-0.2, -0.15) is 0 Å². The van der Waals surface area contributed by atoms with Crippen molar-refractivity contribution in [2.45, 2.75) is 13.3 Å². The molecule has 33 heavy (non-hydrogen) atoms. The van der Waals surface area contributed by atoms with E-state index < -0.39 is 5.91 Å². The fourth-order valence-electron chi connectivity index (χ4n) is 3.33. The Labute approximate surface area is 198 Å². The highest BCUT2D eigenvalue weighted by Gasteiger charge is 2.21. The van der Waals surface area contributed by atoms with Crippen molar-refractivity contribution >= 4 is 68.4 Å². The minimum atomic E-state index is -0.435. The molecule has 170 valence electrons. The molecular formula is C23H19Cl2N3O5. The molecule has 0 spiro atoms. The first kappa shape index (κ1) is 22.7. The van der Waals surface area contributed by atoms with E-state index in [-0.39, 0.29) is 34.9 Å². The van der Waals surface area contributed by atoms with Gasteiger partial charge in [0.2, 0.25) is 0 Å². The number of nitrogens with one attached hydrogen (secondary N) is 2. The lowest BCUT2D eigenvalue weighted by Gasteiger charge is -2.11. The Balaban J connectivity index is 1.77. The Bertz CT molecular complexity index is 1350. The third kappa shape index (κ3) is 4.53. The number of methoxy groups -OCH3 is 1. The van der Waals surface area contributed by atoms with Gasteiger partial charge in [0.15, 0.2) is 18.1 Å². The van der Waals surface area contributed by atoms with Crippen LogP contribution in [0.4, 0.5) is 11.4 Å². The summed E-state index contributed by atoms with van der Waals surface area (Å²) >= 11 is 12.3. The summed E-state index contributed by atoms with van der Waals surface area (Å²) in [6.07, 6.45) is 3.07. The molecule has 0 atom stereocenters. The number of aromatic nitrogens is 1. The summed E-state index contributed by atoms with van der Waals surface area (Å²) < 4.78 is 16.5. The van der Waals surface area contributed by atoms with E-state index >= 15 is 0 Å². The van der Waals surface area contributed by atoms with E-state index in [2.05, 4.69) is 15.6 Å². The molecule has 10 heteroatoms. The highest BCUT2D eigenvalue weighted by atomic mass is 35.5. The van der Waals surface area contributed by atoms with Crippen LogP contribution in [0.15, 0.2) is 47.1 Å². The van der Waals surface area contributed by atoms with Crippen LogP contribution >= 0.6 is 23.2 Å². The quantitative estimate of drug-likeness (QED) is 0.248. The number of esters is 1. The number of carbonyl (C=O) groups is 2. The maximum atomic E-state index is 13.2. The van der Waals surface area contributed by atoms with Crippen LogP contribution in [0.5, 0.6) is 5.75 Å². The number of furan rings is 1. The number of rotatable bonds is 7. The Hall–Kier alpha value is -3.49. The Morgan fingerprint density at radius 2 is 1.88 bits per heavy atom. The number of hydrogen-bond acceptors (Lipinski definition) is 7. The molecule has 4 rings (SSSR count). The number of hydrogen-bond donors (Lipinski definition) is 2. The van der Waals surface area contributed by atoms with Gasteiger partial charge in [-0.1, -0.05) is 30.1 Å². The molecule has 0 aliphatic heterocycles. The zero-order chi connectivity index (χ0) is 23.5. The molecular weight excluding hydrogens is 469 g/mol. The number of halogens is 2. The minimum Gasteiger partial charge on any atom is -0.493 e. The van der Waals surface area contributed by atoms with Gasteiger partial charge in [0.1, 0.15) is 5.58 Å². The summed E-state index contributed by atoms with van der Waals surface area (Å²) in [5.74, 6) is -0.269. The number of fused-ring (bicyclic) bond motifs is 3. The smallest absolute Gasteiger partial charge is 0.307 e. The van der Waals surface area contributed by atoms with E-state index in [9.17, 15) is 9.59 Å². The van der Waals surface area contributed by atoms with Crippen molar-refractivity contribution in [3.05, 3.63) is 58.3 Å². The van der Waals surface area contributed by atoms with Crippen molar-refractivity contribution < 1.29 is 23.5 Å². The van der Waals surface area contributed by atoms with Gasteiger partial charge in [0, 0.05) is 35.3 Å². The molecule has 0 fully saturated rings. The predicted molar refractivity (Wildman–Crippen MR) is 127 cm³/mol. The monoisotopic (exact) mass is 487 g/mol. The molecule has 0 aliphatic carbocycles. The largest absolute Gasteiger partial charge is 0.493 e. The first-order valence-corrected chi connectivity index (χ1v) is 10.7. The molecule has 2 aromatic carbocycles. The molecule has 2 heterocycles.